The van der Waals surface area contributed by atoms with Crippen LogP contribution >= 0.6 is 11.3 Å². The summed E-state index contributed by atoms with van der Waals surface area (Å²) in [6, 6.07) is 4.88. The summed E-state index contributed by atoms with van der Waals surface area (Å²) in [7, 11) is 0. The highest BCUT2D eigenvalue weighted by Crippen LogP contribution is 2.22. The first-order valence-electron chi connectivity index (χ1n) is 8.03. The summed E-state index contributed by atoms with van der Waals surface area (Å²) < 4.78 is 11.9. The molecule has 9 heteroatoms. The SMILES string of the molecule is O=C(OCc1cc(=O)n2ccsc2n1)[C@H]1CC(=O)N(Cc2ccco2)C1. The fourth-order valence-electron chi connectivity index (χ4n) is 2.90. The highest BCUT2D eigenvalue weighted by Gasteiger charge is 2.35. The fourth-order valence-corrected chi connectivity index (χ4v) is 3.64. The fraction of sp³-hybridized carbons (Fsp3) is 0.294. The van der Waals surface area contributed by atoms with Gasteiger partial charge in [0, 0.05) is 30.6 Å². The molecule has 3 aromatic rings. The van der Waals surface area contributed by atoms with Crippen molar-refractivity contribution < 1.29 is 18.7 Å². The molecule has 1 atom stereocenters. The van der Waals surface area contributed by atoms with Crippen molar-refractivity contribution in [3.63, 3.8) is 0 Å². The molecule has 1 saturated heterocycles. The number of furan rings is 1. The van der Waals surface area contributed by atoms with Crippen LogP contribution < -0.4 is 5.56 Å². The van der Waals surface area contributed by atoms with Crippen molar-refractivity contribution in [3.8, 4) is 0 Å². The van der Waals surface area contributed by atoms with Crippen molar-refractivity contribution in [2.24, 2.45) is 5.92 Å². The summed E-state index contributed by atoms with van der Waals surface area (Å²) in [6.07, 6.45) is 3.30. The van der Waals surface area contributed by atoms with Crippen LogP contribution in [-0.2, 0) is 27.5 Å². The van der Waals surface area contributed by atoms with Gasteiger partial charge < -0.3 is 14.1 Å². The topological polar surface area (TPSA) is 94.1 Å². The van der Waals surface area contributed by atoms with Crippen LogP contribution in [0.2, 0.25) is 0 Å². The predicted octanol–water partition coefficient (Wildman–Crippen LogP) is 1.44. The van der Waals surface area contributed by atoms with Gasteiger partial charge in [0.2, 0.25) is 5.91 Å². The molecule has 8 nitrogen and oxygen atoms in total. The number of hydrogen-bond donors (Lipinski definition) is 0. The molecule has 26 heavy (non-hydrogen) atoms. The maximum absolute atomic E-state index is 12.3. The number of carbonyl (C=O) groups excluding carboxylic acids is 2. The van der Waals surface area contributed by atoms with E-state index >= 15 is 0 Å². The van der Waals surface area contributed by atoms with Crippen LogP contribution in [-0.4, -0.2) is 32.7 Å². The van der Waals surface area contributed by atoms with Gasteiger partial charge >= 0.3 is 5.97 Å². The number of amides is 1. The Morgan fingerprint density at radius 2 is 2.31 bits per heavy atom. The molecule has 0 aromatic carbocycles. The quantitative estimate of drug-likeness (QED) is 0.628. The van der Waals surface area contributed by atoms with Crippen molar-refractivity contribution in [2.45, 2.75) is 19.6 Å². The Kier molecular flexibility index (Phi) is 4.29. The van der Waals surface area contributed by atoms with Crippen LogP contribution in [0.25, 0.3) is 4.96 Å². The summed E-state index contributed by atoms with van der Waals surface area (Å²) >= 11 is 1.33. The van der Waals surface area contributed by atoms with E-state index in [0.29, 0.717) is 29.5 Å². The van der Waals surface area contributed by atoms with Crippen molar-refractivity contribution in [3.05, 3.63) is 57.8 Å². The molecule has 1 fully saturated rings. The normalized spacial score (nSPS) is 17.2. The molecule has 1 aliphatic rings. The Morgan fingerprint density at radius 3 is 3.12 bits per heavy atom. The van der Waals surface area contributed by atoms with Gasteiger partial charge in [0.25, 0.3) is 5.56 Å². The third-order valence-electron chi connectivity index (χ3n) is 4.19. The highest BCUT2D eigenvalue weighted by molar-refractivity contribution is 7.15. The Morgan fingerprint density at radius 1 is 1.42 bits per heavy atom. The van der Waals surface area contributed by atoms with Crippen molar-refractivity contribution >= 4 is 28.2 Å². The number of likely N-dealkylation sites (tertiary alicyclic amines) is 1. The standard InChI is InChI=1S/C17H15N3O5S/c21-14-6-11(8-19(14)9-13-2-1-4-24-13)16(23)25-10-12-7-15(22)20-3-5-26-17(20)18-12/h1-5,7,11H,6,8-10H2/t11-/m0/s1. The van der Waals surface area contributed by atoms with E-state index in [9.17, 15) is 14.4 Å². The Bertz CT molecular complexity index is 1010. The van der Waals surface area contributed by atoms with Crippen LogP contribution in [0.3, 0.4) is 0 Å². The van der Waals surface area contributed by atoms with E-state index in [4.69, 9.17) is 9.15 Å². The molecule has 4 rings (SSSR count). The second-order valence-corrected chi connectivity index (χ2v) is 6.88. The zero-order valence-corrected chi connectivity index (χ0v) is 14.5. The summed E-state index contributed by atoms with van der Waals surface area (Å²) in [5.74, 6) is -0.432. The molecular formula is C17H15N3O5S. The van der Waals surface area contributed by atoms with E-state index < -0.39 is 11.9 Å². The van der Waals surface area contributed by atoms with Gasteiger partial charge in [-0.15, -0.1) is 11.3 Å². The number of rotatable bonds is 5. The number of aromatic nitrogens is 2. The van der Waals surface area contributed by atoms with Crippen LogP contribution in [0.1, 0.15) is 17.9 Å². The molecule has 4 heterocycles. The summed E-state index contributed by atoms with van der Waals surface area (Å²) in [5.41, 5.74) is 0.172. The number of ether oxygens (including phenoxy) is 1. The lowest BCUT2D eigenvalue weighted by Crippen LogP contribution is -2.26. The zero-order chi connectivity index (χ0) is 18.1. The molecule has 1 aliphatic heterocycles. The van der Waals surface area contributed by atoms with Gasteiger partial charge in [0.1, 0.15) is 12.4 Å². The van der Waals surface area contributed by atoms with Gasteiger partial charge in [0.15, 0.2) is 4.96 Å². The molecular weight excluding hydrogens is 358 g/mol. The van der Waals surface area contributed by atoms with Gasteiger partial charge in [-0.3, -0.25) is 18.8 Å². The summed E-state index contributed by atoms with van der Waals surface area (Å²) in [6.45, 7) is 0.534. The maximum Gasteiger partial charge on any atom is 0.311 e. The second kappa shape index (κ2) is 6.75. The monoisotopic (exact) mass is 373 g/mol. The highest BCUT2D eigenvalue weighted by atomic mass is 32.1. The minimum atomic E-state index is -0.524. The van der Waals surface area contributed by atoms with E-state index in [0.717, 1.165) is 0 Å². The number of hydrogen-bond acceptors (Lipinski definition) is 7. The third-order valence-corrected chi connectivity index (χ3v) is 4.95. The summed E-state index contributed by atoms with van der Waals surface area (Å²) in [4.78, 5) is 42.7. The first kappa shape index (κ1) is 16.5. The third kappa shape index (κ3) is 3.25. The first-order chi connectivity index (χ1) is 12.6. The number of carbonyl (C=O) groups is 2. The van der Waals surface area contributed by atoms with Crippen molar-refractivity contribution in [1.29, 1.82) is 0 Å². The van der Waals surface area contributed by atoms with E-state index in [-0.39, 0.29) is 24.5 Å². The zero-order valence-electron chi connectivity index (χ0n) is 13.7. The van der Waals surface area contributed by atoms with E-state index in [1.54, 1.807) is 34.9 Å². The molecule has 3 aromatic heterocycles. The number of thiazole rings is 1. The van der Waals surface area contributed by atoms with Gasteiger partial charge in [-0.25, -0.2) is 4.98 Å². The van der Waals surface area contributed by atoms with Gasteiger partial charge in [-0.2, -0.15) is 0 Å². The predicted molar refractivity (Wildman–Crippen MR) is 91.4 cm³/mol. The van der Waals surface area contributed by atoms with Crippen LogP contribution in [0.5, 0.6) is 0 Å². The molecule has 0 spiro atoms. The Balaban J connectivity index is 1.37. The molecule has 0 saturated carbocycles. The number of fused-ring (bicyclic) bond motifs is 1. The van der Waals surface area contributed by atoms with Gasteiger partial charge in [-0.05, 0) is 12.1 Å². The number of nitrogens with zero attached hydrogens (tertiary/aromatic N) is 3. The van der Waals surface area contributed by atoms with Crippen LogP contribution in [0, 0.1) is 5.92 Å². The van der Waals surface area contributed by atoms with E-state index in [2.05, 4.69) is 4.98 Å². The van der Waals surface area contributed by atoms with Gasteiger partial charge in [-0.1, -0.05) is 0 Å². The lowest BCUT2D eigenvalue weighted by molar-refractivity contribution is -0.149. The van der Waals surface area contributed by atoms with E-state index in [1.807, 2.05) is 0 Å². The Hall–Kier alpha value is -2.94. The van der Waals surface area contributed by atoms with Crippen molar-refractivity contribution in [1.82, 2.24) is 14.3 Å². The molecule has 0 radical (unpaired) electrons. The summed E-state index contributed by atoms with van der Waals surface area (Å²) in [5, 5.41) is 1.76. The lowest BCUT2D eigenvalue weighted by Gasteiger charge is -2.14. The molecule has 0 N–H and O–H groups in total. The van der Waals surface area contributed by atoms with Crippen LogP contribution in [0.15, 0.2) is 45.3 Å². The lowest BCUT2D eigenvalue weighted by atomic mass is 10.1. The van der Waals surface area contributed by atoms with Crippen molar-refractivity contribution in [2.75, 3.05) is 6.54 Å². The first-order valence-corrected chi connectivity index (χ1v) is 8.91. The smallest absolute Gasteiger partial charge is 0.311 e. The van der Waals surface area contributed by atoms with Gasteiger partial charge in [0.05, 0.1) is 24.4 Å². The molecule has 0 aliphatic carbocycles. The average Bonchev–Trinajstić information content (AvgIpc) is 3.35. The number of esters is 1. The Labute approximate surface area is 151 Å². The molecule has 0 bridgehead atoms. The minimum Gasteiger partial charge on any atom is -0.467 e. The van der Waals surface area contributed by atoms with E-state index in [1.165, 1.54) is 21.8 Å². The second-order valence-electron chi connectivity index (χ2n) is 6.00. The average molecular weight is 373 g/mol. The maximum atomic E-state index is 12.3. The molecule has 0 unspecified atom stereocenters. The molecule has 1 amide bonds. The van der Waals surface area contributed by atoms with Crippen LogP contribution in [0.4, 0.5) is 0 Å². The molecule has 134 valence electrons. The minimum absolute atomic E-state index is 0.0919. The largest absolute Gasteiger partial charge is 0.467 e.